The summed E-state index contributed by atoms with van der Waals surface area (Å²) in [5.74, 6) is 0.619. The molecule has 0 N–H and O–H groups in total. The van der Waals surface area contributed by atoms with Gasteiger partial charge in [-0.3, -0.25) is 4.90 Å². The van der Waals surface area contributed by atoms with Crippen LogP contribution in [0.25, 0.3) is 11.7 Å². The summed E-state index contributed by atoms with van der Waals surface area (Å²) in [5, 5.41) is 7.90. The maximum atomic E-state index is 12.8. The second-order valence-corrected chi connectivity index (χ2v) is 8.62. The van der Waals surface area contributed by atoms with Crippen LogP contribution in [0.15, 0.2) is 56.4 Å². The minimum Gasteiger partial charge on any atom is -0.459 e. The van der Waals surface area contributed by atoms with Crippen molar-refractivity contribution in [3.05, 3.63) is 48.6 Å². The fourth-order valence-corrected chi connectivity index (χ4v) is 4.52. The van der Waals surface area contributed by atoms with E-state index >= 15 is 0 Å². The van der Waals surface area contributed by atoms with Gasteiger partial charge in [0.1, 0.15) is 5.75 Å². The molecule has 0 bridgehead atoms. The van der Waals surface area contributed by atoms with Crippen molar-refractivity contribution in [2.45, 2.75) is 17.8 Å². The maximum Gasteiger partial charge on any atom is 0.573 e. The molecular weight excluding hydrogens is 441 g/mol. The number of halogens is 3. The molecule has 31 heavy (non-hydrogen) atoms. The van der Waals surface area contributed by atoms with Gasteiger partial charge in [0.15, 0.2) is 5.76 Å². The molecule has 166 valence electrons. The van der Waals surface area contributed by atoms with Crippen molar-refractivity contribution in [3.63, 3.8) is 0 Å². The van der Waals surface area contributed by atoms with Gasteiger partial charge < -0.3 is 13.6 Å². The van der Waals surface area contributed by atoms with Gasteiger partial charge in [-0.05, 0) is 36.4 Å². The molecule has 4 rings (SSSR count). The van der Waals surface area contributed by atoms with Crippen LogP contribution in [0.3, 0.4) is 0 Å². The lowest BCUT2D eigenvalue weighted by Crippen LogP contribution is -2.48. The second-order valence-electron chi connectivity index (χ2n) is 6.68. The Balaban J connectivity index is 1.34. The van der Waals surface area contributed by atoms with Crippen LogP contribution < -0.4 is 4.74 Å². The summed E-state index contributed by atoms with van der Waals surface area (Å²) >= 11 is 0. The summed E-state index contributed by atoms with van der Waals surface area (Å²) in [6, 6.07) is 7.54. The molecule has 1 aliphatic heterocycles. The second kappa shape index (κ2) is 8.32. The Kier molecular flexibility index (Phi) is 5.73. The normalized spacial score (nSPS) is 16.5. The van der Waals surface area contributed by atoms with Gasteiger partial charge >= 0.3 is 6.36 Å². The van der Waals surface area contributed by atoms with Crippen molar-refractivity contribution in [1.82, 2.24) is 19.4 Å². The molecule has 1 fully saturated rings. The van der Waals surface area contributed by atoms with Crippen LogP contribution in [0.1, 0.15) is 5.89 Å². The van der Waals surface area contributed by atoms with Crippen molar-refractivity contribution in [2.75, 3.05) is 26.2 Å². The number of hydrogen-bond donors (Lipinski definition) is 0. The Hall–Kier alpha value is -2.90. The summed E-state index contributed by atoms with van der Waals surface area (Å²) in [7, 11) is -3.84. The van der Waals surface area contributed by atoms with E-state index < -0.39 is 22.1 Å². The Labute approximate surface area is 175 Å². The Morgan fingerprint density at radius 2 is 1.74 bits per heavy atom. The molecule has 3 aromatic rings. The number of alkyl halides is 3. The van der Waals surface area contributed by atoms with Gasteiger partial charge in [-0.25, -0.2) is 8.42 Å². The lowest BCUT2D eigenvalue weighted by atomic mass is 10.3. The summed E-state index contributed by atoms with van der Waals surface area (Å²) < 4.78 is 78.1. The number of furan rings is 1. The first-order valence-corrected chi connectivity index (χ1v) is 10.6. The van der Waals surface area contributed by atoms with Crippen molar-refractivity contribution >= 4 is 10.0 Å². The lowest BCUT2D eigenvalue weighted by Gasteiger charge is -2.33. The predicted molar refractivity (Wildman–Crippen MR) is 99.2 cm³/mol. The van der Waals surface area contributed by atoms with E-state index in [9.17, 15) is 21.6 Å². The van der Waals surface area contributed by atoms with E-state index in [0.29, 0.717) is 31.3 Å². The highest BCUT2D eigenvalue weighted by molar-refractivity contribution is 7.89. The van der Waals surface area contributed by atoms with Gasteiger partial charge in [0.05, 0.1) is 17.7 Å². The number of benzene rings is 1. The summed E-state index contributed by atoms with van der Waals surface area (Å²) in [5.41, 5.74) is 0. The highest BCUT2D eigenvalue weighted by Gasteiger charge is 2.32. The third kappa shape index (κ3) is 5.06. The largest absolute Gasteiger partial charge is 0.573 e. The molecular formula is C18H17F3N4O5S. The molecule has 0 spiro atoms. The van der Waals surface area contributed by atoms with Crippen LogP contribution in [0, 0.1) is 0 Å². The van der Waals surface area contributed by atoms with Crippen LogP contribution >= 0.6 is 0 Å². The molecule has 0 amide bonds. The topological polar surface area (TPSA) is 102 Å². The minimum absolute atomic E-state index is 0.101. The van der Waals surface area contributed by atoms with Crippen LogP contribution in [-0.4, -0.2) is 60.4 Å². The molecule has 0 radical (unpaired) electrons. The number of ether oxygens (including phenoxy) is 1. The number of piperazine rings is 1. The quantitative estimate of drug-likeness (QED) is 0.556. The first-order valence-electron chi connectivity index (χ1n) is 9.15. The summed E-state index contributed by atoms with van der Waals surface area (Å²) in [6.45, 7) is 1.62. The van der Waals surface area contributed by atoms with Gasteiger partial charge in [0, 0.05) is 26.2 Å². The Morgan fingerprint density at radius 1 is 1.03 bits per heavy atom. The van der Waals surface area contributed by atoms with Gasteiger partial charge in [-0.2, -0.15) is 4.31 Å². The van der Waals surface area contributed by atoms with Gasteiger partial charge in [0.25, 0.3) is 5.89 Å². The van der Waals surface area contributed by atoms with E-state index in [2.05, 4.69) is 14.9 Å². The van der Waals surface area contributed by atoms with Crippen LogP contribution in [0.2, 0.25) is 0 Å². The first-order chi connectivity index (χ1) is 14.7. The monoisotopic (exact) mass is 458 g/mol. The minimum atomic E-state index is -4.84. The highest BCUT2D eigenvalue weighted by Crippen LogP contribution is 2.26. The first kappa shape index (κ1) is 21.3. The van der Waals surface area contributed by atoms with Crippen LogP contribution in [-0.2, 0) is 16.6 Å². The average Bonchev–Trinajstić information content (AvgIpc) is 3.39. The molecule has 1 aromatic carbocycles. The zero-order chi connectivity index (χ0) is 22.1. The van der Waals surface area contributed by atoms with E-state index in [1.54, 1.807) is 12.1 Å². The molecule has 0 atom stereocenters. The molecule has 1 saturated heterocycles. The fraction of sp³-hybridized carbons (Fsp3) is 0.333. The van der Waals surface area contributed by atoms with Crippen LogP contribution in [0.5, 0.6) is 5.75 Å². The molecule has 0 saturated carbocycles. The molecule has 1 aliphatic rings. The summed E-state index contributed by atoms with van der Waals surface area (Å²) in [4.78, 5) is 1.86. The number of hydrogen-bond acceptors (Lipinski definition) is 8. The number of rotatable bonds is 6. The maximum absolute atomic E-state index is 12.8. The Morgan fingerprint density at radius 3 is 2.35 bits per heavy atom. The van der Waals surface area contributed by atoms with Crippen molar-refractivity contribution in [3.8, 4) is 17.4 Å². The smallest absolute Gasteiger partial charge is 0.459 e. The SMILES string of the molecule is O=S(=O)(c1ccc(OC(F)(F)F)cc1)N1CCN(Cc2nnc(-c3ccco3)o2)CC1. The predicted octanol–water partition coefficient (Wildman–Crippen LogP) is 2.73. The third-order valence-electron chi connectivity index (χ3n) is 4.58. The van der Waals surface area contributed by atoms with Crippen LogP contribution in [0.4, 0.5) is 13.2 Å². The van der Waals surface area contributed by atoms with Crippen molar-refractivity contribution in [1.29, 1.82) is 0 Å². The zero-order valence-electron chi connectivity index (χ0n) is 15.9. The van der Waals surface area contributed by atoms with Gasteiger partial charge in [-0.1, -0.05) is 0 Å². The van der Waals surface area contributed by atoms with E-state index in [1.165, 1.54) is 10.6 Å². The highest BCUT2D eigenvalue weighted by atomic mass is 32.2. The third-order valence-corrected chi connectivity index (χ3v) is 6.50. The zero-order valence-corrected chi connectivity index (χ0v) is 16.8. The molecule has 13 heteroatoms. The molecule has 2 aromatic heterocycles. The molecule has 0 aliphatic carbocycles. The fourth-order valence-electron chi connectivity index (χ4n) is 3.10. The van der Waals surface area contributed by atoms with Crippen molar-refractivity contribution in [2.24, 2.45) is 0 Å². The number of aromatic nitrogens is 2. The van der Waals surface area contributed by atoms with Gasteiger partial charge in [-0.15, -0.1) is 23.4 Å². The van der Waals surface area contributed by atoms with E-state index in [1.807, 2.05) is 4.90 Å². The molecule has 0 unspecified atom stereocenters. The van der Waals surface area contributed by atoms with E-state index in [0.717, 1.165) is 24.3 Å². The summed E-state index contributed by atoms with van der Waals surface area (Å²) in [6.07, 6.45) is -3.34. The lowest BCUT2D eigenvalue weighted by molar-refractivity contribution is -0.274. The number of sulfonamides is 1. The average molecular weight is 458 g/mol. The Bertz CT molecular complexity index is 1110. The van der Waals surface area contributed by atoms with E-state index in [-0.39, 0.29) is 23.9 Å². The number of nitrogens with zero attached hydrogens (tertiary/aromatic N) is 4. The van der Waals surface area contributed by atoms with E-state index in [4.69, 9.17) is 8.83 Å². The standard InChI is InChI=1S/C18H17F3N4O5S/c19-18(20,21)30-13-3-5-14(6-4-13)31(26,27)25-9-7-24(8-10-25)12-16-22-23-17(29-16)15-2-1-11-28-15/h1-6,11H,7-10,12H2. The van der Waals surface area contributed by atoms with Crippen molar-refractivity contribution < 1.29 is 35.2 Å². The molecule has 9 nitrogen and oxygen atoms in total. The molecule has 3 heterocycles. The van der Waals surface area contributed by atoms with Gasteiger partial charge in [0.2, 0.25) is 15.9 Å².